The number of hydrogen-bond donors (Lipinski definition) is 0. The number of aromatic nitrogens is 2. The Balaban J connectivity index is 1.19. The predicted octanol–water partition coefficient (Wildman–Crippen LogP) is 10.3. The van der Waals surface area contributed by atoms with Crippen molar-refractivity contribution in [2.45, 2.75) is 38.0 Å². The summed E-state index contributed by atoms with van der Waals surface area (Å²) >= 11 is 0. The van der Waals surface area contributed by atoms with Crippen molar-refractivity contribution >= 4 is 33.5 Å². The van der Waals surface area contributed by atoms with Crippen molar-refractivity contribution < 1.29 is 0 Å². The van der Waals surface area contributed by atoms with Crippen molar-refractivity contribution in [2.75, 3.05) is 0 Å². The Hall–Kier alpha value is -5.08. The first-order chi connectivity index (χ1) is 21.8. The van der Waals surface area contributed by atoms with Crippen LogP contribution in [0.15, 0.2) is 133 Å². The van der Waals surface area contributed by atoms with E-state index in [4.69, 9.17) is 0 Å². The molecule has 9 rings (SSSR count). The van der Waals surface area contributed by atoms with Gasteiger partial charge in [-0.25, -0.2) is 0 Å². The molecule has 0 amide bonds. The first-order valence-corrected chi connectivity index (χ1v) is 16.0. The highest BCUT2D eigenvalue weighted by Gasteiger charge is 2.28. The summed E-state index contributed by atoms with van der Waals surface area (Å²) in [6, 6.07) is 49.0. The van der Waals surface area contributed by atoms with E-state index in [9.17, 15) is 0 Å². The third-order valence-corrected chi connectivity index (χ3v) is 10.00. The quantitative estimate of drug-likeness (QED) is 0.201. The summed E-state index contributed by atoms with van der Waals surface area (Å²) < 4.78 is 5.02. The summed E-state index contributed by atoms with van der Waals surface area (Å²) in [5.41, 5.74) is 15.2. The lowest BCUT2D eigenvalue weighted by Gasteiger charge is -2.25. The molecular weight excluding hydrogens is 532 g/mol. The molecule has 212 valence electrons. The van der Waals surface area contributed by atoms with E-state index in [0.717, 1.165) is 25.7 Å². The molecule has 0 bridgehead atoms. The predicted molar refractivity (Wildman–Crippen MR) is 184 cm³/mol. The van der Waals surface area contributed by atoms with Gasteiger partial charge in [0.25, 0.3) is 0 Å². The Kier molecular flexibility index (Phi) is 5.94. The molecule has 0 saturated heterocycles. The van der Waals surface area contributed by atoms with Crippen LogP contribution in [0.3, 0.4) is 0 Å². The summed E-state index contributed by atoms with van der Waals surface area (Å²) in [7, 11) is 0. The Morgan fingerprint density at radius 1 is 0.523 bits per heavy atom. The zero-order valence-corrected chi connectivity index (χ0v) is 24.8. The van der Waals surface area contributed by atoms with E-state index in [2.05, 4.69) is 149 Å². The van der Waals surface area contributed by atoms with Crippen molar-refractivity contribution in [1.29, 1.82) is 0 Å². The van der Waals surface area contributed by atoms with Crippen LogP contribution in [-0.2, 0) is 19.3 Å². The monoisotopic (exact) mass is 566 g/mol. The number of fused-ring (bicyclic) bond motifs is 6. The van der Waals surface area contributed by atoms with Gasteiger partial charge in [0.05, 0.1) is 11.0 Å². The standard InChI is InChI=1S/C42H34N2/c1-4-12-29(13-5-1)32-20-23-36-38-27-31(22-25-41(38)44(42(36)28-32)34-16-8-3-9-17-34)30-21-24-40-37(26-30)35-18-10-11-19-39(35)43(40)33-14-6-2-7-15-33/h1-19,22,25-27,32H,20-21,23-24,28H2. The Morgan fingerprint density at radius 2 is 1.16 bits per heavy atom. The molecule has 7 aromatic rings. The van der Waals surface area contributed by atoms with Crippen molar-refractivity contribution in [3.05, 3.63) is 167 Å². The Labute approximate surface area is 258 Å². The number of aryl methyl sites for hydroxylation is 1. The lowest BCUT2D eigenvalue weighted by molar-refractivity contribution is 0.572. The van der Waals surface area contributed by atoms with Gasteiger partial charge in [-0.3, -0.25) is 0 Å². The number of nitrogens with zero attached hydrogens (tertiary/aromatic N) is 2. The van der Waals surface area contributed by atoms with Gasteiger partial charge < -0.3 is 9.13 Å². The zero-order valence-electron chi connectivity index (χ0n) is 24.8. The molecule has 2 heterocycles. The minimum Gasteiger partial charge on any atom is -0.313 e. The smallest absolute Gasteiger partial charge is 0.0537 e. The SMILES string of the molecule is C1=C(c2ccc3c(c2)c2c(n3-c3ccccc3)CC(c3ccccc3)CC2)CCc2c1c1ccccc1n2-c1ccccc1. The first-order valence-electron chi connectivity index (χ1n) is 16.0. The highest BCUT2D eigenvalue weighted by Crippen LogP contribution is 2.43. The molecule has 5 aromatic carbocycles. The molecule has 0 radical (unpaired) electrons. The molecule has 0 aliphatic heterocycles. The van der Waals surface area contributed by atoms with Crippen LogP contribution in [0.4, 0.5) is 0 Å². The van der Waals surface area contributed by atoms with Crippen LogP contribution in [0.1, 0.15) is 52.4 Å². The summed E-state index contributed by atoms with van der Waals surface area (Å²) in [4.78, 5) is 0. The molecule has 2 nitrogen and oxygen atoms in total. The fourth-order valence-electron chi connectivity index (χ4n) is 7.96. The third kappa shape index (κ3) is 4.02. The molecule has 44 heavy (non-hydrogen) atoms. The van der Waals surface area contributed by atoms with Crippen molar-refractivity contribution in [3.8, 4) is 11.4 Å². The van der Waals surface area contributed by atoms with Gasteiger partial charge in [0, 0.05) is 39.1 Å². The third-order valence-electron chi connectivity index (χ3n) is 10.00. The minimum absolute atomic E-state index is 0.552. The topological polar surface area (TPSA) is 9.86 Å². The average Bonchev–Trinajstić information content (AvgIpc) is 3.61. The fraction of sp³-hybridized carbons (Fsp3) is 0.143. The molecule has 0 N–H and O–H groups in total. The lowest BCUT2D eigenvalue weighted by Crippen LogP contribution is -2.15. The van der Waals surface area contributed by atoms with Crippen LogP contribution in [-0.4, -0.2) is 9.13 Å². The normalized spacial score (nSPS) is 16.1. The molecule has 2 aromatic heterocycles. The van der Waals surface area contributed by atoms with Gasteiger partial charge in [-0.1, -0.05) is 91.0 Å². The van der Waals surface area contributed by atoms with Crippen LogP contribution in [0, 0.1) is 0 Å². The van der Waals surface area contributed by atoms with E-state index in [1.165, 1.54) is 78.8 Å². The molecule has 0 saturated carbocycles. The number of para-hydroxylation sites is 3. The average molecular weight is 567 g/mol. The van der Waals surface area contributed by atoms with Gasteiger partial charge in [-0.05, 0) is 109 Å². The van der Waals surface area contributed by atoms with Crippen molar-refractivity contribution in [1.82, 2.24) is 9.13 Å². The van der Waals surface area contributed by atoms with Gasteiger partial charge >= 0.3 is 0 Å². The second-order valence-electron chi connectivity index (χ2n) is 12.4. The Bertz CT molecular complexity index is 2180. The van der Waals surface area contributed by atoms with Gasteiger partial charge in [-0.15, -0.1) is 0 Å². The molecule has 0 fully saturated rings. The maximum atomic E-state index is 2.55. The summed E-state index contributed by atoms with van der Waals surface area (Å²) in [6.07, 6.45) is 7.93. The maximum Gasteiger partial charge on any atom is 0.0537 e. The molecule has 2 heteroatoms. The van der Waals surface area contributed by atoms with Crippen LogP contribution in [0.25, 0.3) is 44.8 Å². The van der Waals surface area contributed by atoms with Gasteiger partial charge in [0.15, 0.2) is 0 Å². The van der Waals surface area contributed by atoms with Crippen LogP contribution >= 0.6 is 0 Å². The summed E-state index contributed by atoms with van der Waals surface area (Å²) in [5, 5.41) is 2.76. The highest BCUT2D eigenvalue weighted by atomic mass is 15.0. The first kappa shape index (κ1) is 25.4. The molecule has 2 aliphatic carbocycles. The summed E-state index contributed by atoms with van der Waals surface area (Å²) in [6.45, 7) is 0. The second kappa shape index (κ2) is 10.3. The molecule has 1 unspecified atom stereocenters. The Morgan fingerprint density at radius 3 is 1.91 bits per heavy atom. The van der Waals surface area contributed by atoms with Gasteiger partial charge in [0.2, 0.25) is 0 Å². The molecule has 2 aliphatic rings. The zero-order chi connectivity index (χ0) is 29.0. The lowest BCUT2D eigenvalue weighted by atomic mass is 9.82. The van der Waals surface area contributed by atoms with Crippen molar-refractivity contribution in [3.63, 3.8) is 0 Å². The number of rotatable bonds is 4. The van der Waals surface area contributed by atoms with Crippen LogP contribution in [0.2, 0.25) is 0 Å². The van der Waals surface area contributed by atoms with E-state index in [0.29, 0.717) is 5.92 Å². The largest absolute Gasteiger partial charge is 0.313 e. The maximum absolute atomic E-state index is 2.55. The summed E-state index contributed by atoms with van der Waals surface area (Å²) in [5.74, 6) is 0.552. The minimum atomic E-state index is 0.552. The molecular formula is C42H34N2. The molecule has 1 atom stereocenters. The van der Waals surface area contributed by atoms with E-state index >= 15 is 0 Å². The molecule has 0 spiro atoms. The van der Waals surface area contributed by atoms with Crippen molar-refractivity contribution in [2.24, 2.45) is 0 Å². The second-order valence-corrected chi connectivity index (χ2v) is 12.4. The van der Waals surface area contributed by atoms with E-state index in [-0.39, 0.29) is 0 Å². The van der Waals surface area contributed by atoms with Crippen LogP contribution < -0.4 is 0 Å². The van der Waals surface area contributed by atoms with Gasteiger partial charge in [0.1, 0.15) is 0 Å². The van der Waals surface area contributed by atoms with Crippen LogP contribution in [0.5, 0.6) is 0 Å². The highest BCUT2D eigenvalue weighted by molar-refractivity contribution is 6.00. The van der Waals surface area contributed by atoms with Gasteiger partial charge in [-0.2, -0.15) is 0 Å². The number of benzene rings is 5. The van der Waals surface area contributed by atoms with E-state index < -0.39 is 0 Å². The van der Waals surface area contributed by atoms with E-state index in [1.807, 2.05) is 0 Å². The fourth-order valence-corrected chi connectivity index (χ4v) is 7.96. The van der Waals surface area contributed by atoms with E-state index in [1.54, 1.807) is 0 Å². The number of hydrogen-bond acceptors (Lipinski definition) is 0. The number of allylic oxidation sites excluding steroid dienone is 1.